The average molecular weight is 353 g/mol. The molecule has 1 aliphatic heterocycles. The van der Waals surface area contributed by atoms with E-state index in [1.165, 1.54) is 16.7 Å². The highest BCUT2D eigenvalue weighted by Crippen LogP contribution is 2.31. The highest BCUT2D eigenvalue weighted by Gasteiger charge is 2.25. The minimum absolute atomic E-state index is 0.0621. The van der Waals surface area contributed by atoms with Crippen LogP contribution in [0.1, 0.15) is 42.1 Å². The van der Waals surface area contributed by atoms with E-state index in [4.69, 9.17) is 9.84 Å². The number of carboxylic acid groups (broad SMARTS) is 1. The lowest BCUT2D eigenvalue weighted by Gasteiger charge is -2.34. The Kier molecular flexibility index (Phi) is 6.42. The van der Waals surface area contributed by atoms with Gasteiger partial charge >= 0.3 is 5.97 Å². The molecule has 138 valence electrons. The van der Waals surface area contributed by atoms with Crippen molar-refractivity contribution in [2.75, 3.05) is 19.6 Å². The van der Waals surface area contributed by atoms with Crippen molar-refractivity contribution in [3.8, 4) is 0 Å². The number of nitrogens with zero attached hydrogens (tertiary/aromatic N) is 1. The second-order valence-electron chi connectivity index (χ2n) is 6.97. The maximum atomic E-state index is 10.7. The van der Waals surface area contributed by atoms with Crippen molar-refractivity contribution in [1.29, 1.82) is 0 Å². The topological polar surface area (TPSA) is 49.8 Å². The first-order chi connectivity index (χ1) is 12.6. The molecule has 2 aromatic rings. The Morgan fingerprint density at radius 1 is 1.12 bits per heavy atom. The van der Waals surface area contributed by atoms with E-state index in [0.29, 0.717) is 6.54 Å². The van der Waals surface area contributed by atoms with Gasteiger partial charge in [0, 0.05) is 19.6 Å². The van der Waals surface area contributed by atoms with Crippen LogP contribution >= 0.6 is 0 Å². The Bertz CT molecular complexity index is 708. The SMILES string of the molecule is Cc1ccccc1C(OC1CCN(CCC(=O)O)CC1)c1ccccc1. The van der Waals surface area contributed by atoms with Gasteiger partial charge in [-0.15, -0.1) is 0 Å². The molecular formula is C22H27NO3. The molecule has 0 radical (unpaired) electrons. The normalized spacial score (nSPS) is 17.1. The fraction of sp³-hybridized carbons (Fsp3) is 0.409. The van der Waals surface area contributed by atoms with Crippen LogP contribution in [0, 0.1) is 6.92 Å². The summed E-state index contributed by atoms with van der Waals surface area (Å²) in [5.74, 6) is -0.730. The fourth-order valence-corrected chi connectivity index (χ4v) is 3.56. The van der Waals surface area contributed by atoms with Crippen LogP contribution in [0.25, 0.3) is 0 Å². The van der Waals surface area contributed by atoms with Crippen LogP contribution in [0.2, 0.25) is 0 Å². The standard InChI is InChI=1S/C22H27NO3/c1-17-7-5-6-10-20(17)22(18-8-3-2-4-9-18)26-19-11-14-23(15-12-19)16-13-21(24)25/h2-10,19,22H,11-16H2,1H3,(H,24,25). The maximum absolute atomic E-state index is 10.7. The number of hydrogen-bond acceptors (Lipinski definition) is 3. The zero-order valence-corrected chi connectivity index (χ0v) is 15.3. The molecule has 1 atom stereocenters. The lowest BCUT2D eigenvalue weighted by atomic mass is 9.96. The van der Waals surface area contributed by atoms with Gasteiger partial charge < -0.3 is 14.7 Å². The smallest absolute Gasteiger partial charge is 0.304 e. The van der Waals surface area contributed by atoms with Gasteiger partial charge in [0.05, 0.1) is 12.5 Å². The third-order valence-corrected chi connectivity index (χ3v) is 5.08. The Morgan fingerprint density at radius 3 is 2.42 bits per heavy atom. The van der Waals surface area contributed by atoms with Crippen LogP contribution in [0.15, 0.2) is 54.6 Å². The van der Waals surface area contributed by atoms with Crippen LogP contribution < -0.4 is 0 Å². The van der Waals surface area contributed by atoms with Gasteiger partial charge in [0.1, 0.15) is 6.10 Å². The Morgan fingerprint density at radius 2 is 1.77 bits per heavy atom. The van der Waals surface area contributed by atoms with E-state index in [-0.39, 0.29) is 18.6 Å². The molecule has 3 rings (SSSR count). The van der Waals surface area contributed by atoms with Crippen LogP contribution in [0.4, 0.5) is 0 Å². The average Bonchev–Trinajstić information content (AvgIpc) is 2.67. The molecule has 1 saturated heterocycles. The molecule has 1 aliphatic rings. The largest absolute Gasteiger partial charge is 0.481 e. The molecule has 1 N–H and O–H groups in total. The predicted octanol–water partition coefficient (Wildman–Crippen LogP) is 4.04. The van der Waals surface area contributed by atoms with E-state index in [0.717, 1.165) is 25.9 Å². The summed E-state index contributed by atoms with van der Waals surface area (Å²) in [6.07, 6.45) is 2.22. The number of hydrogen-bond donors (Lipinski definition) is 1. The molecule has 0 amide bonds. The van der Waals surface area contributed by atoms with Gasteiger partial charge in [0.25, 0.3) is 0 Å². The molecule has 1 fully saturated rings. The Labute approximate surface area is 155 Å². The maximum Gasteiger partial charge on any atom is 0.304 e. The van der Waals surface area contributed by atoms with Gasteiger partial charge in [0.2, 0.25) is 0 Å². The molecule has 1 heterocycles. The molecule has 0 aromatic heterocycles. The predicted molar refractivity (Wildman–Crippen MR) is 102 cm³/mol. The first-order valence-electron chi connectivity index (χ1n) is 9.33. The fourth-order valence-electron chi connectivity index (χ4n) is 3.56. The van der Waals surface area contributed by atoms with Crippen molar-refractivity contribution in [2.45, 2.75) is 38.4 Å². The van der Waals surface area contributed by atoms with E-state index in [9.17, 15) is 4.79 Å². The first kappa shape index (κ1) is 18.6. The number of rotatable bonds is 7. The van der Waals surface area contributed by atoms with Gasteiger partial charge in [-0.05, 0) is 36.5 Å². The van der Waals surface area contributed by atoms with Crippen LogP contribution in [-0.2, 0) is 9.53 Å². The summed E-state index contributed by atoms with van der Waals surface area (Å²) in [5.41, 5.74) is 3.63. The quantitative estimate of drug-likeness (QED) is 0.816. The molecule has 2 aromatic carbocycles. The van der Waals surface area contributed by atoms with Crippen molar-refractivity contribution in [1.82, 2.24) is 4.90 Å². The van der Waals surface area contributed by atoms with E-state index >= 15 is 0 Å². The third-order valence-electron chi connectivity index (χ3n) is 5.08. The third kappa shape index (κ3) is 4.93. The summed E-state index contributed by atoms with van der Waals surface area (Å²) in [6, 6.07) is 18.8. The van der Waals surface area contributed by atoms with Gasteiger partial charge in [0.15, 0.2) is 0 Å². The van der Waals surface area contributed by atoms with Crippen molar-refractivity contribution in [3.63, 3.8) is 0 Å². The minimum Gasteiger partial charge on any atom is -0.481 e. The minimum atomic E-state index is -0.730. The number of ether oxygens (including phenoxy) is 1. The Hall–Kier alpha value is -2.17. The number of carbonyl (C=O) groups is 1. The number of aryl methyl sites for hydroxylation is 1. The zero-order valence-electron chi connectivity index (χ0n) is 15.3. The van der Waals surface area contributed by atoms with E-state index in [1.807, 2.05) is 6.07 Å². The molecular weight excluding hydrogens is 326 g/mol. The molecule has 1 unspecified atom stereocenters. The number of carboxylic acids is 1. The van der Waals surface area contributed by atoms with Crippen molar-refractivity contribution < 1.29 is 14.6 Å². The molecule has 0 bridgehead atoms. The molecule has 26 heavy (non-hydrogen) atoms. The molecule has 0 spiro atoms. The van der Waals surface area contributed by atoms with Gasteiger partial charge in [-0.3, -0.25) is 4.79 Å². The summed E-state index contributed by atoms with van der Waals surface area (Å²) in [6.45, 7) is 4.55. The second-order valence-corrected chi connectivity index (χ2v) is 6.97. The number of aliphatic carboxylic acids is 1. The first-order valence-corrected chi connectivity index (χ1v) is 9.33. The molecule has 0 aliphatic carbocycles. The highest BCUT2D eigenvalue weighted by molar-refractivity contribution is 5.66. The van der Waals surface area contributed by atoms with Crippen molar-refractivity contribution in [3.05, 3.63) is 71.3 Å². The summed E-state index contributed by atoms with van der Waals surface area (Å²) in [4.78, 5) is 13.0. The summed E-state index contributed by atoms with van der Waals surface area (Å²) in [5, 5.41) is 8.84. The molecule has 4 nitrogen and oxygen atoms in total. The molecule has 4 heteroatoms. The van der Waals surface area contributed by atoms with E-state index in [1.54, 1.807) is 0 Å². The summed E-state index contributed by atoms with van der Waals surface area (Å²) >= 11 is 0. The van der Waals surface area contributed by atoms with Crippen molar-refractivity contribution >= 4 is 5.97 Å². The monoisotopic (exact) mass is 353 g/mol. The highest BCUT2D eigenvalue weighted by atomic mass is 16.5. The van der Waals surface area contributed by atoms with E-state index in [2.05, 4.69) is 60.4 Å². The number of piperidine rings is 1. The van der Waals surface area contributed by atoms with Gasteiger partial charge in [-0.1, -0.05) is 54.6 Å². The number of likely N-dealkylation sites (tertiary alicyclic amines) is 1. The van der Waals surface area contributed by atoms with Crippen molar-refractivity contribution in [2.24, 2.45) is 0 Å². The lowest BCUT2D eigenvalue weighted by Crippen LogP contribution is -2.38. The van der Waals surface area contributed by atoms with Crippen LogP contribution in [0.5, 0.6) is 0 Å². The lowest BCUT2D eigenvalue weighted by molar-refractivity contribution is -0.137. The van der Waals surface area contributed by atoms with Gasteiger partial charge in [-0.25, -0.2) is 0 Å². The zero-order chi connectivity index (χ0) is 18.4. The summed E-state index contributed by atoms with van der Waals surface area (Å²) < 4.78 is 6.58. The van der Waals surface area contributed by atoms with Crippen LogP contribution in [-0.4, -0.2) is 41.7 Å². The van der Waals surface area contributed by atoms with Crippen LogP contribution in [0.3, 0.4) is 0 Å². The number of benzene rings is 2. The second kappa shape index (κ2) is 8.97. The van der Waals surface area contributed by atoms with Gasteiger partial charge in [-0.2, -0.15) is 0 Å². The Balaban J connectivity index is 1.68. The molecule has 0 saturated carbocycles. The summed E-state index contributed by atoms with van der Waals surface area (Å²) in [7, 11) is 0. The van der Waals surface area contributed by atoms with E-state index < -0.39 is 5.97 Å².